The van der Waals surface area contributed by atoms with Crippen molar-refractivity contribution in [1.82, 2.24) is 10.2 Å². The van der Waals surface area contributed by atoms with Gasteiger partial charge in [0.1, 0.15) is 0 Å². The van der Waals surface area contributed by atoms with Crippen LogP contribution >= 0.6 is 11.8 Å². The van der Waals surface area contributed by atoms with Crippen molar-refractivity contribution in [2.75, 3.05) is 32.1 Å². The number of thioether (sulfide) groups is 1. The second-order valence-electron chi connectivity index (χ2n) is 3.75. The van der Waals surface area contributed by atoms with Gasteiger partial charge in [-0.2, -0.15) is 11.8 Å². The molecule has 3 nitrogen and oxygen atoms in total. The van der Waals surface area contributed by atoms with Crippen LogP contribution in [0.1, 0.15) is 19.3 Å². The standard InChI is InChI=1S/C10H20N2OS/c1-12(9-5-6-11-8-9)10(13)4-3-7-14-2/h9,11H,3-8H2,1-2H3. The molecule has 1 saturated heterocycles. The number of amides is 1. The maximum Gasteiger partial charge on any atom is 0.222 e. The van der Waals surface area contributed by atoms with Crippen LogP contribution in [0, 0.1) is 0 Å². The molecule has 1 N–H and O–H groups in total. The summed E-state index contributed by atoms with van der Waals surface area (Å²) in [4.78, 5) is 13.6. The molecule has 0 saturated carbocycles. The molecule has 1 amide bonds. The van der Waals surface area contributed by atoms with E-state index in [-0.39, 0.29) is 0 Å². The molecule has 1 rings (SSSR count). The molecule has 1 fully saturated rings. The zero-order chi connectivity index (χ0) is 10.4. The number of hydrogen-bond donors (Lipinski definition) is 1. The van der Waals surface area contributed by atoms with Crippen LogP contribution in [0.15, 0.2) is 0 Å². The SMILES string of the molecule is CSCCCC(=O)N(C)C1CCNC1. The van der Waals surface area contributed by atoms with Gasteiger partial charge in [0.2, 0.25) is 5.91 Å². The summed E-state index contributed by atoms with van der Waals surface area (Å²) >= 11 is 1.80. The topological polar surface area (TPSA) is 32.3 Å². The minimum Gasteiger partial charge on any atom is -0.341 e. The van der Waals surface area contributed by atoms with E-state index in [9.17, 15) is 4.79 Å². The number of carbonyl (C=O) groups excluding carboxylic acids is 1. The van der Waals surface area contributed by atoms with Gasteiger partial charge in [0, 0.05) is 26.1 Å². The van der Waals surface area contributed by atoms with Gasteiger partial charge in [0.25, 0.3) is 0 Å². The normalized spacial score (nSPS) is 21.1. The highest BCUT2D eigenvalue weighted by Crippen LogP contribution is 2.09. The molecule has 0 aromatic heterocycles. The van der Waals surface area contributed by atoms with Gasteiger partial charge in [-0.1, -0.05) is 0 Å². The zero-order valence-electron chi connectivity index (χ0n) is 9.08. The Labute approximate surface area is 90.6 Å². The van der Waals surface area contributed by atoms with E-state index in [2.05, 4.69) is 11.6 Å². The van der Waals surface area contributed by atoms with Gasteiger partial charge in [-0.15, -0.1) is 0 Å². The van der Waals surface area contributed by atoms with Crippen molar-refractivity contribution in [3.63, 3.8) is 0 Å². The van der Waals surface area contributed by atoms with Gasteiger partial charge >= 0.3 is 0 Å². The molecule has 0 aliphatic carbocycles. The fraction of sp³-hybridized carbons (Fsp3) is 0.900. The lowest BCUT2D eigenvalue weighted by Gasteiger charge is -2.23. The predicted octanol–water partition coefficient (Wildman–Crippen LogP) is 0.950. The molecule has 0 aromatic carbocycles. The summed E-state index contributed by atoms with van der Waals surface area (Å²) < 4.78 is 0. The quantitative estimate of drug-likeness (QED) is 0.695. The van der Waals surface area contributed by atoms with Crippen LogP contribution in [-0.2, 0) is 4.79 Å². The number of nitrogens with one attached hydrogen (secondary N) is 1. The number of nitrogens with zero attached hydrogens (tertiary/aromatic N) is 1. The average molecular weight is 216 g/mol. The van der Waals surface area contributed by atoms with E-state index in [0.29, 0.717) is 18.4 Å². The molecular weight excluding hydrogens is 196 g/mol. The van der Waals surface area contributed by atoms with Crippen molar-refractivity contribution in [2.24, 2.45) is 0 Å². The molecule has 1 aliphatic heterocycles. The Hall–Kier alpha value is -0.220. The second-order valence-corrected chi connectivity index (χ2v) is 4.73. The van der Waals surface area contributed by atoms with Crippen molar-refractivity contribution in [3.8, 4) is 0 Å². The second kappa shape index (κ2) is 6.30. The highest BCUT2D eigenvalue weighted by atomic mass is 32.2. The highest BCUT2D eigenvalue weighted by molar-refractivity contribution is 7.98. The molecule has 1 atom stereocenters. The molecule has 1 heterocycles. The molecule has 1 aliphatic rings. The van der Waals surface area contributed by atoms with Crippen molar-refractivity contribution in [2.45, 2.75) is 25.3 Å². The average Bonchev–Trinajstić information content (AvgIpc) is 2.69. The monoisotopic (exact) mass is 216 g/mol. The molecule has 1 unspecified atom stereocenters. The minimum atomic E-state index is 0.299. The Bertz CT molecular complexity index is 181. The Balaban J connectivity index is 2.21. The number of carbonyl (C=O) groups is 1. The van der Waals surface area contributed by atoms with E-state index in [4.69, 9.17) is 0 Å². The van der Waals surface area contributed by atoms with Crippen LogP contribution in [-0.4, -0.2) is 49.0 Å². The predicted molar refractivity (Wildman–Crippen MR) is 61.7 cm³/mol. The first kappa shape index (κ1) is 11.9. The third kappa shape index (κ3) is 3.50. The number of likely N-dealkylation sites (N-methyl/N-ethyl adjacent to an activating group) is 1. The number of hydrogen-bond acceptors (Lipinski definition) is 3. The van der Waals surface area contributed by atoms with Crippen LogP contribution in [0.25, 0.3) is 0 Å². The Kier molecular flexibility index (Phi) is 5.33. The fourth-order valence-electron chi connectivity index (χ4n) is 1.72. The molecule has 14 heavy (non-hydrogen) atoms. The molecule has 0 aromatic rings. The van der Waals surface area contributed by atoms with Gasteiger partial charge < -0.3 is 10.2 Å². The first-order valence-corrected chi connectivity index (χ1v) is 6.60. The maximum atomic E-state index is 11.7. The van der Waals surface area contributed by atoms with Gasteiger partial charge in [-0.05, 0) is 31.4 Å². The summed E-state index contributed by atoms with van der Waals surface area (Å²) in [5, 5.41) is 3.28. The lowest BCUT2D eigenvalue weighted by atomic mass is 10.2. The summed E-state index contributed by atoms with van der Waals surface area (Å²) in [6, 6.07) is 0.428. The van der Waals surface area contributed by atoms with Crippen molar-refractivity contribution in [1.29, 1.82) is 0 Å². The maximum absolute atomic E-state index is 11.7. The first-order valence-electron chi connectivity index (χ1n) is 5.21. The van der Waals surface area contributed by atoms with Gasteiger partial charge in [-0.25, -0.2) is 0 Å². The Morgan fingerprint density at radius 2 is 2.43 bits per heavy atom. The van der Waals surface area contributed by atoms with Crippen LogP contribution in [0.4, 0.5) is 0 Å². The summed E-state index contributed by atoms with van der Waals surface area (Å²) in [5.41, 5.74) is 0. The van der Waals surface area contributed by atoms with E-state index in [1.165, 1.54) is 0 Å². The lowest BCUT2D eigenvalue weighted by molar-refractivity contribution is -0.131. The van der Waals surface area contributed by atoms with E-state index in [1.807, 2.05) is 11.9 Å². The molecule has 0 bridgehead atoms. The third-order valence-electron chi connectivity index (χ3n) is 2.71. The van der Waals surface area contributed by atoms with E-state index in [1.54, 1.807) is 11.8 Å². The van der Waals surface area contributed by atoms with E-state index in [0.717, 1.165) is 31.7 Å². The van der Waals surface area contributed by atoms with E-state index >= 15 is 0 Å². The first-order chi connectivity index (χ1) is 6.75. The summed E-state index contributed by atoms with van der Waals surface area (Å²) in [5.74, 6) is 1.38. The zero-order valence-corrected chi connectivity index (χ0v) is 9.90. The van der Waals surface area contributed by atoms with Crippen LogP contribution in [0.3, 0.4) is 0 Å². The van der Waals surface area contributed by atoms with Gasteiger partial charge in [0.05, 0.1) is 0 Å². The van der Waals surface area contributed by atoms with E-state index < -0.39 is 0 Å². The Morgan fingerprint density at radius 1 is 1.64 bits per heavy atom. The summed E-state index contributed by atoms with van der Waals surface area (Å²) in [6.07, 6.45) is 4.89. The molecule has 4 heteroatoms. The largest absolute Gasteiger partial charge is 0.341 e. The molecule has 0 radical (unpaired) electrons. The molecule has 82 valence electrons. The van der Waals surface area contributed by atoms with Crippen molar-refractivity contribution >= 4 is 17.7 Å². The summed E-state index contributed by atoms with van der Waals surface area (Å²) in [7, 11) is 1.93. The molecular formula is C10H20N2OS. The van der Waals surface area contributed by atoms with Gasteiger partial charge in [0.15, 0.2) is 0 Å². The van der Waals surface area contributed by atoms with Gasteiger partial charge in [-0.3, -0.25) is 4.79 Å². The fourth-order valence-corrected chi connectivity index (χ4v) is 2.15. The summed E-state index contributed by atoms with van der Waals surface area (Å²) in [6.45, 7) is 2.01. The smallest absolute Gasteiger partial charge is 0.222 e. The lowest BCUT2D eigenvalue weighted by Crippen LogP contribution is -2.38. The van der Waals surface area contributed by atoms with Crippen LogP contribution in [0.2, 0.25) is 0 Å². The minimum absolute atomic E-state index is 0.299. The van der Waals surface area contributed by atoms with Crippen LogP contribution < -0.4 is 5.32 Å². The van der Waals surface area contributed by atoms with Crippen molar-refractivity contribution < 1.29 is 4.79 Å². The third-order valence-corrected chi connectivity index (χ3v) is 3.41. The number of rotatable bonds is 5. The molecule has 0 spiro atoms. The highest BCUT2D eigenvalue weighted by Gasteiger charge is 2.22. The van der Waals surface area contributed by atoms with Crippen molar-refractivity contribution in [3.05, 3.63) is 0 Å². The Morgan fingerprint density at radius 3 is 3.00 bits per heavy atom. The van der Waals surface area contributed by atoms with Crippen LogP contribution in [0.5, 0.6) is 0 Å².